The number of benzene rings is 1. The van der Waals surface area contributed by atoms with E-state index in [0.717, 1.165) is 5.82 Å². The first-order valence-electron chi connectivity index (χ1n) is 8.17. The molecule has 1 aliphatic heterocycles. The number of amides is 1. The van der Waals surface area contributed by atoms with Crippen LogP contribution in [0.15, 0.2) is 55.1 Å². The summed E-state index contributed by atoms with van der Waals surface area (Å²) < 4.78 is 12.4. The summed E-state index contributed by atoms with van der Waals surface area (Å²) in [5.41, 5.74) is 0.534. The van der Waals surface area contributed by atoms with Crippen molar-refractivity contribution in [2.45, 2.75) is 0 Å². The zero-order valence-corrected chi connectivity index (χ0v) is 13.9. The molecule has 0 saturated carbocycles. The average Bonchev–Trinajstić information content (AvgIpc) is 3.36. The Kier molecular flexibility index (Phi) is 4.38. The lowest BCUT2D eigenvalue weighted by Gasteiger charge is -2.09. The third kappa shape index (κ3) is 3.44. The predicted molar refractivity (Wildman–Crippen MR) is 94.7 cm³/mol. The Labute approximate surface area is 149 Å². The third-order valence-corrected chi connectivity index (χ3v) is 3.87. The Balaban J connectivity index is 1.29. The van der Waals surface area contributed by atoms with E-state index in [2.05, 4.69) is 20.6 Å². The van der Waals surface area contributed by atoms with Gasteiger partial charge in [-0.25, -0.2) is 9.97 Å². The molecular formula is C18H17N5O3. The summed E-state index contributed by atoms with van der Waals surface area (Å²) in [5, 5.41) is 6.03. The monoisotopic (exact) mass is 351 g/mol. The van der Waals surface area contributed by atoms with E-state index in [0.29, 0.717) is 36.0 Å². The molecule has 0 bridgehead atoms. The van der Waals surface area contributed by atoms with E-state index in [9.17, 15) is 4.79 Å². The number of nitrogens with zero attached hydrogens (tertiary/aromatic N) is 3. The normalized spacial score (nSPS) is 12.0. The highest BCUT2D eigenvalue weighted by molar-refractivity contribution is 5.94. The van der Waals surface area contributed by atoms with Gasteiger partial charge in [0.25, 0.3) is 5.91 Å². The molecule has 1 amide bonds. The van der Waals surface area contributed by atoms with Gasteiger partial charge in [0.15, 0.2) is 11.5 Å². The maximum atomic E-state index is 12.2. The molecule has 8 nitrogen and oxygen atoms in total. The van der Waals surface area contributed by atoms with E-state index >= 15 is 0 Å². The van der Waals surface area contributed by atoms with Gasteiger partial charge in [0.1, 0.15) is 18.0 Å². The van der Waals surface area contributed by atoms with Crippen LogP contribution >= 0.6 is 0 Å². The highest BCUT2D eigenvalue weighted by Crippen LogP contribution is 2.32. The SMILES string of the molecule is O=C(NCCNc1cc(-n2cccc2)ncn1)c1ccc2c(c1)OCO2. The fourth-order valence-electron chi connectivity index (χ4n) is 2.58. The van der Waals surface area contributed by atoms with Crippen LogP contribution in [0, 0.1) is 0 Å². The van der Waals surface area contributed by atoms with Crippen LogP contribution in [0.4, 0.5) is 5.82 Å². The number of hydrogen-bond acceptors (Lipinski definition) is 6. The molecule has 4 rings (SSSR count). The maximum absolute atomic E-state index is 12.2. The molecule has 1 aromatic carbocycles. The van der Waals surface area contributed by atoms with Crippen molar-refractivity contribution in [3.63, 3.8) is 0 Å². The highest BCUT2D eigenvalue weighted by Gasteiger charge is 2.15. The molecule has 0 atom stereocenters. The molecule has 2 N–H and O–H groups in total. The van der Waals surface area contributed by atoms with E-state index in [1.165, 1.54) is 6.33 Å². The second kappa shape index (κ2) is 7.14. The molecule has 3 aromatic rings. The lowest BCUT2D eigenvalue weighted by atomic mass is 10.2. The minimum Gasteiger partial charge on any atom is -0.454 e. The number of carbonyl (C=O) groups excluding carboxylic acids is 1. The van der Waals surface area contributed by atoms with Gasteiger partial charge in [-0.1, -0.05) is 0 Å². The Morgan fingerprint density at radius 3 is 2.81 bits per heavy atom. The number of anilines is 1. The number of hydrogen-bond donors (Lipinski definition) is 2. The summed E-state index contributed by atoms with van der Waals surface area (Å²) in [6, 6.07) is 10.8. The van der Waals surface area contributed by atoms with Crippen molar-refractivity contribution in [3.8, 4) is 17.3 Å². The van der Waals surface area contributed by atoms with E-state index < -0.39 is 0 Å². The predicted octanol–water partition coefficient (Wildman–Crippen LogP) is 1.84. The smallest absolute Gasteiger partial charge is 0.251 e. The molecule has 0 spiro atoms. The molecular weight excluding hydrogens is 334 g/mol. The summed E-state index contributed by atoms with van der Waals surface area (Å²) in [5.74, 6) is 2.55. The molecule has 0 fully saturated rings. The topological polar surface area (TPSA) is 90.3 Å². The Morgan fingerprint density at radius 1 is 1.08 bits per heavy atom. The van der Waals surface area contributed by atoms with Crippen molar-refractivity contribution in [2.75, 3.05) is 25.2 Å². The fourth-order valence-corrected chi connectivity index (χ4v) is 2.58. The van der Waals surface area contributed by atoms with Crippen molar-refractivity contribution < 1.29 is 14.3 Å². The zero-order valence-electron chi connectivity index (χ0n) is 13.9. The Hall–Kier alpha value is -3.55. The van der Waals surface area contributed by atoms with Gasteiger partial charge in [-0.2, -0.15) is 0 Å². The second-order valence-electron chi connectivity index (χ2n) is 5.60. The van der Waals surface area contributed by atoms with Crippen molar-refractivity contribution in [1.29, 1.82) is 0 Å². The van der Waals surface area contributed by atoms with Crippen LogP contribution < -0.4 is 20.1 Å². The highest BCUT2D eigenvalue weighted by atomic mass is 16.7. The summed E-state index contributed by atoms with van der Waals surface area (Å²) in [6.45, 7) is 1.18. The molecule has 3 heterocycles. The van der Waals surface area contributed by atoms with Crippen LogP contribution in [0.1, 0.15) is 10.4 Å². The minimum absolute atomic E-state index is 0.166. The Bertz CT molecular complexity index is 911. The second-order valence-corrected chi connectivity index (χ2v) is 5.60. The van der Waals surface area contributed by atoms with E-state index in [-0.39, 0.29) is 12.7 Å². The van der Waals surface area contributed by atoms with Crippen molar-refractivity contribution >= 4 is 11.7 Å². The summed E-state index contributed by atoms with van der Waals surface area (Å²) in [6.07, 6.45) is 5.33. The van der Waals surface area contributed by atoms with Gasteiger partial charge in [-0.05, 0) is 30.3 Å². The zero-order chi connectivity index (χ0) is 17.8. The number of ether oxygens (including phenoxy) is 2. The molecule has 0 saturated heterocycles. The first kappa shape index (κ1) is 15.9. The molecule has 1 aliphatic rings. The van der Waals surface area contributed by atoms with Crippen LogP contribution in [0.25, 0.3) is 5.82 Å². The summed E-state index contributed by atoms with van der Waals surface area (Å²) >= 11 is 0. The van der Waals surface area contributed by atoms with Crippen LogP contribution in [0.3, 0.4) is 0 Å². The van der Waals surface area contributed by atoms with Crippen LogP contribution in [-0.4, -0.2) is 40.3 Å². The molecule has 8 heteroatoms. The average molecular weight is 351 g/mol. The summed E-state index contributed by atoms with van der Waals surface area (Å²) in [4.78, 5) is 20.6. The van der Waals surface area contributed by atoms with Crippen LogP contribution in [0.2, 0.25) is 0 Å². The largest absolute Gasteiger partial charge is 0.454 e. The molecule has 0 unspecified atom stereocenters. The first-order valence-corrected chi connectivity index (χ1v) is 8.17. The Morgan fingerprint density at radius 2 is 1.92 bits per heavy atom. The number of fused-ring (bicyclic) bond motifs is 1. The molecule has 132 valence electrons. The van der Waals surface area contributed by atoms with Gasteiger partial charge in [-0.15, -0.1) is 0 Å². The third-order valence-electron chi connectivity index (χ3n) is 3.87. The van der Waals surface area contributed by atoms with Crippen LogP contribution in [-0.2, 0) is 0 Å². The molecule has 0 radical (unpaired) electrons. The quantitative estimate of drug-likeness (QED) is 0.659. The minimum atomic E-state index is -0.166. The van der Waals surface area contributed by atoms with Crippen LogP contribution in [0.5, 0.6) is 11.5 Å². The number of nitrogens with one attached hydrogen (secondary N) is 2. The summed E-state index contributed by atoms with van der Waals surface area (Å²) in [7, 11) is 0. The van der Waals surface area contributed by atoms with Crippen molar-refractivity contribution in [3.05, 3.63) is 60.7 Å². The van der Waals surface area contributed by atoms with Crippen molar-refractivity contribution in [1.82, 2.24) is 19.9 Å². The standard InChI is InChI=1S/C18H17N5O3/c24-18(13-3-4-14-15(9-13)26-12-25-14)20-6-5-19-16-10-17(22-11-21-16)23-7-1-2-8-23/h1-4,7-11H,5-6,12H2,(H,20,24)(H,19,21,22). The lowest BCUT2D eigenvalue weighted by Crippen LogP contribution is -2.28. The first-order chi connectivity index (χ1) is 12.8. The number of rotatable bonds is 6. The van der Waals surface area contributed by atoms with Gasteiger partial charge >= 0.3 is 0 Å². The van der Waals surface area contributed by atoms with Gasteiger partial charge in [0.2, 0.25) is 6.79 Å². The maximum Gasteiger partial charge on any atom is 0.251 e. The molecule has 26 heavy (non-hydrogen) atoms. The van der Waals surface area contributed by atoms with Gasteiger partial charge < -0.3 is 24.7 Å². The van der Waals surface area contributed by atoms with E-state index in [1.807, 2.05) is 35.2 Å². The van der Waals surface area contributed by atoms with Gasteiger partial charge in [-0.3, -0.25) is 4.79 Å². The molecule has 0 aliphatic carbocycles. The number of aromatic nitrogens is 3. The molecule has 2 aromatic heterocycles. The van der Waals surface area contributed by atoms with Crippen molar-refractivity contribution in [2.24, 2.45) is 0 Å². The van der Waals surface area contributed by atoms with Gasteiger partial charge in [0, 0.05) is 37.1 Å². The van der Waals surface area contributed by atoms with Gasteiger partial charge in [0.05, 0.1) is 0 Å². The fraction of sp³-hybridized carbons (Fsp3) is 0.167. The van der Waals surface area contributed by atoms with E-state index in [4.69, 9.17) is 9.47 Å². The van der Waals surface area contributed by atoms with E-state index in [1.54, 1.807) is 18.2 Å². The number of carbonyl (C=O) groups is 1. The lowest BCUT2D eigenvalue weighted by molar-refractivity contribution is 0.0954.